The van der Waals surface area contributed by atoms with Gasteiger partial charge in [-0.2, -0.15) is 9.78 Å². The fourth-order valence-corrected chi connectivity index (χ4v) is 3.43. The van der Waals surface area contributed by atoms with Crippen LogP contribution in [0, 0.1) is 10.1 Å². The highest BCUT2D eigenvalue weighted by atomic mass is 32.2. The molecule has 1 heterocycles. The molecule has 0 radical (unpaired) electrons. The lowest BCUT2D eigenvalue weighted by Crippen LogP contribution is -2.05. The zero-order valence-corrected chi connectivity index (χ0v) is 19.0. The van der Waals surface area contributed by atoms with Gasteiger partial charge < -0.3 is 9.47 Å². The van der Waals surface area contributed by atoms with Gasteiger partial charge in [-0.05, 0) is 31.2 Å². The fourth-order valence-electron chi connectivity index (χ4n) is 2.98. The van der Waals surface area contributed by atoms with Crippen LogP contribution in [0.15, 0.2) is 52.7 Å². The Balaban J connectivity index is 1.98. The minimum atomic E-state index is -0.474. The third-order valence-corrected chi connectivity index (χ3v) is 5.01. The molecule has 168 valence electrons. The molecule has 2 aromatic carbocycles. The van der Waals surface area contributed by atoms with Crippen LogP contribution in [0.1, 0.15) is 37.2 Å². The Morgan fingerprint density at radius 3 is 2.62 bits per heavy atom. The Labute approximate surface area is 190 Å². The van der Waals surface area contributed by atoms with E-state index in [2.05, 4.69) is 15.3 Å². The van der Waals surface area contributed by atoms with E-state index in [-0.39, 0.29) is 11.4 Å². The normalized spacial score (nSPS) is 11.1. The van der Waals surface area contributed by atoms with Crippen LogP contribution in [-0.4, -0.2) is 45.5 Å². The summed E-state index contributed by atoms with van der Waals surface area (Å²) in [5.41, 5.74) is 1.43. The summed E-state index contributed by atoms with van der Waals surface area (Å²) in [4.78, 5) is 11.2. The Morgan fingerprint density at radius 2 is 1.97 bits per heavy atom. The lowest BCUT2D eigenvalue weighted by molar-refractivity contribution is -0.386. The Kier molecular flexibility index (Phi) is 8.20. The first kappa shape index (κ1) is 23.3. The zero-order chi connectivity index (χ0) is 22.9. The van der Waals surface area contributed by atoms with Crippen LogP contribution in [0.2, 0.25) is 0 Å². The van der Waals surface area contributed by atoms with Crippen molar-refractivity contribution in [2.75, 3.05) is 19.5 Å². The fraction of sp³-hybridized carbons (Fsp3) is 0.318. The average molecular weight is 456 g/mol. The number of rotatable bonds is 11. The standard InChI is InChI=1S/C22H25N5O4S/c1-4-11-31-21-18(27(28)29)12-17(13-19(21)30-5-2)15-23-26-20(24-25-22(26)32-3)14-16-9-7-6-8-10-16/h6-10,12-13,15H,4-5,11,14H2,1-3H3/b23-15-. The molecule has 10 heteroatoms. The van der Waals surface area contributed by atoms with E-state index in [0.29, 0.717) is 41.9 Å². The lowest BCUT2D eigenvalue weighted by Gasteiger charge is -2.12. The summed E-state index contributed by atoms with van der Waals surface area (Å²) in [5, 5.41) is 25.3. The van der Waals surface area contributed by atoms with Crippen LogP contribution in [0.4, 0.5) is 5.69 Å². The van der Waals surface area contributed by atoms with Crippen molar-refractivity contribution >= 4 is 23.7 Å². The molecule has 32 heavy (non-hydrogen) atoms. The summed E-state index contributed by atoms with van der Waals surface area (Å²) in [5.74, 6) is 1.11. The molecule has 0 bridgehead atoms. The topological polar surface area (TPSA) is 105 Å². The number of nitro benzene ring substituents is 1. The van der Waals surface area contributed by atoms with Gasteiger partial charge in [0.2, 0.25) is 10.9 Å². The van der Waals surface area contributed by atoms with Crippen LogP contribution < -0.4 is 9.47 Å². The minimum absolute atomic E-state index is 0.134. The molecular formula is C22H25N5O4S. The first-order chi connectivity index (χ1) is 15.6. The molecule has 3 aromatic rings. The van der Waals surface area contributed by atoms with Gasteiger partial charge in [0, 0.05) is 18.1 Å². The molecule has 0 unspecified atom stereocenters. The number of thioether (sulfide) groups is 1. The van der Waals surface area contributed by atoms with Crippen molar-refractivity contribution in [3.05, 3.63) is 69.5 Å². The predicted octanol–water partition coefficient (Wildman–Crippen LogP) is 4.57. The molecule has 3 rings (SSSR count). The van der Waals surface area contributed by atoms with Gasteiger partial charge in [-0.15, -0.1) is 10.2 Å². The molecule has 0 aliphatic rings. The van der Waals surface area contributed by atoms with E-state index in [0.717, 1.165) is 12.0 Å². The van der Waals surface area contributed by atoms with Crippen LogP contribution in [-0.2, 0) is 6.42 Å². The molecule has 0 saturated heterocycles. The van der Waals surface area contributed by atoms with E-state index in [1.165, 1.54) is 24.0 Å². The number of benzene rings is 2. The summed E-state index contributed by atoms with van der Waals surface area (Å²) in [6, 6.07) is 13.0. The molecule has 0 fully saturated rings. The Hall–Kier alpha value is -3.40. The van der Waals surface area contributed by atoms with Gasteiger partial charge in [-0.25, -0.2) is 0 Å². The zero-order valence-electron chi connectivity index (χ0n) is 18.2. The molecule has 0 atom stereocenters. The largest absolute Gasteiger partial charge is 0.490 e. The monoisotopic (exact) mass is 455 g/mol. The third kappa shape index (κ3) is 5.64. The average Bonchev–Trinajstić information content (AvgIpc) is 3.18. The van der Waals surface area contributed by atoms with Gasteiger partial charge >= 0.3 is 5.69 Å². The maximum atomic E-state index is 11.7. The van der Waals surface area contributed by atoms with Crippen molar-refractivity contribution in [1.82, 2.24) is 14.9 Å². The van der Waals surface area contributed by atoms with Crippen LogP contribution in [0.5, 0.6) is 11.5 Å². The van der Waals surface area contributed by atoms with Gasteiger partial charge in [0.05, 0.1) is 24.4 Å². The van der Waals surface area contributed by atoms with Gasteiger partial charge in [0.1, 0.15) is 0 Å². The summed E-state index contributed by atoms with van der Waals surface area (Å²) >= 11 is 1.42. The molecule has 0 amide bonds. The molecule has 0 aliphatic heterocycles. The highest BCUT2D eigenvalue weighted by molar-refractivity contribution is 7.98. The summed E-state index contributed by atoms with van der Waals surface area (Å²) in [6.07, 6.45) is 4.71. The molecule has 0 aliphatic carbocycles. The van der Waals surface area contributed by atoms with Crippen LogP contribution >= 0.6 is 11.8 Å². The lowest BCUT2D eigenvalue weighted by atomic mass is 10.1. The maximum absolute atomic E-state index is 11.7. The number of nitro groups is 1. The molecule has 9 nitrogen and oxygen atoms in total. The molecule has 0 N–H and O–H groups in total. The number of hydrogen-bond acceptors (Lipinski definition) is 8. The first-order valence-electron chi connectivity index (χ1n) is 10.2. The van der Waals surface area contributed by atoms with E-state index in [4.69, 9.17) is 9.47 Å². The second-order valence-electron chi connectivity index (χ2n) is 6.73. The van der Waals surface area contributed by atoms with E-state index in [1.54, 1.807) is 10.7 Å². The highest BCUT2D eigenvalue weighted by Crippen LogP contribution is 2.38. The minimum Gasteiger partial charge on any atom is -0.490 e. The van der Waals surface area contributed by atoms with E-state index in [1.807, 2.05) is 50.4 Å². The van der Waals surface area contributed by atoms with Gasteiger partial charge in [-0.3, -0.25) is 10.1 Å². The summed E-state index contributed by atoms with van der Waals surface area (Å²) in [7, 11) is 0. The predicted molar refractivity (Wildman–Crippen MR) is 124 cm³/mol. The molecule has 0 saturated carbocycles. The van der Waals surface area contributed by atoms with Crippen molar-refractivity contribution in [3.8, 4) is 11.5 Å². The number of hydrogen-bond donors (Lipinski definition) is 0. The van der Waals surface area contributed by atoms with E-state index < -0.39 is 4.92 Å². The quantitative estimate of drug-likeness (QED) is 0.180. The first-order valence-corrected chi connectivity index (χ1v) is 11.4. The summed E-state index contributed by atoms with van der Waals surface area (Å²) < 4.78 is 12.9. The van der Waals surface area contributed by atoms with Gasteiger partial charge in [-0.1, -0.05) is 49.0 Å². The SMILES string of the molecule is CCCOc1c(OCC)cc(/C=N\n2c(Cc3ccccc3)nnc2SC)cc1[N+](=O)[O-]. The van der Waals surface area contributed by atoms with Gasteiger partial charge in [0.15, 0.2) is 11.6 Å². The molecule has 0 spiro atoms. The maximum Gasteiger partial charge on any atom is 0.315 e. The Bertz CT molecular complexity index is 1090. The third-order valence-electron chi connectivity index (χ3n) is 4.39. The number of nitrogens with zero attached hydrogens (tertiary/aromatic N) is 5. The van der Waals surface area contributed by atoms with Crippen molar-refractivity contribution < 1.29 is 14.4 Å². The van der Waals surface area contributed by atoms with Crippen molar-refractivity contribution in [1.29, 1.82) is 0 Å². The second-order valence-corrected chi connectivity index (χ2v) is 7.50. The van der Waals surface area contributed by atoms with E-state index in [9.17, 15) is 10.1 Å². The van der Waals surface area contributed by atoms with Crippen molar-refractivity contribution in [2.24, 2.45) is 5.10 Å². The van der Waals surface area contributed by atoms with Crippen molar-refractivity contribution in [2.45, 2.75) is 31.8 Å². The summed E-state index contributed by atoms with van der Waals surface area (Å²) in [6.45, 7) is 4.45. The van der Waals surface area contributed by atoms with Crippen LogP contribution in [0.25, 0.3) is 0 Å². The molecular weight excluding hydrogens is 430 g/mol. The van der Waals surface area contributed by atoms with E-state index >= 15 is 0 Å². The number of aromatic nitrogens is 3. The van der Waals surface area contributed by atoms with Crippen LogP contribution in [0.3, 0.4) is 0 Å². The second kappa shape index (κ2) is 11.3. The smallest absolute Gasteiger partial charge is 0.315 e. The highest BCUT2D eigenvalue weighted by Gasteiger charge is 2.22. The van der Waals surface area contributed by atoms with Crippen molar-refractivity contribution in [3.63, 3.8) is 0 Å². The molecule has 1 aromatic heterocycles. The van der Waals surface area contributed by atoms with Gasteiger partial charge in [0.25, 0.3) is 0 Å². The number of ether oxygens (including phenoxy) is 2. The Morgan fingerprint density at radius 1 is 1.19 bits per heavy atom.